The largest absolute Gasteiger partial charge is 0.375 e. The Morgan fingerprint density at radius 3 is 2.86 bits per heavy atom. The van der Waals surface area contributed by atoms with Gasteiger partial charge in [0.1, 0.15) is 22.2 Å². The summed E-state index contributed by atoms with van der Waals surface area (Å²) in [5.41, 5.74) is 3.25. The van der Waals surface area contributed by atoms with Gasteiger partial charge in [0.2, 0.25) is 0 Å². The SMILES string of the molecule is COC(C)c1nc(CSc2nnc(C)c(C)c2C#N)cs1. The molecule has 2 aromatic rings. The van der Waals surface area contributed by atoms with E-state index in [1.807, 2.05) is 26.2 Å². The van der Waals surface area contributed by atoms with E-state index in [-0.39, 0.29) is 6.10 Å². The van der Waals surface area contributed by atoms with Crippen LogP contribution in [0.1, 0.15) is 40.6 Å². The minimum absolute atomic E-state index is 0.00447. The van der Waals surface area contributed by atoms with Crippen molar-refractivity contribution in [2.24, 2.45) is 0 Å². The Morgan fingerprint density at radius 1 is 1.43 bits per heavy atom. The molecule has 2 aromatic heterocycles. The van der Waals surface area contributed by atoms with Gasteiger partial charge in [0.25, 0.3) is 0 Å². The molecule has 0 amide bonds. The Morgan fingerprint density at radius 2 is 2.19 bits per heavy atom. The molecule has 0 aromatic carbocycles. The molecule has 0 saturated carbocycles. The molecule has 0 fully saturated rings. The first kappa shape index (κ1) is 15.9. The zero-order valence-electron chi connectivity index (χ0n) is 12.4. The summed E-state index contributed by atoms with van der Waals surface area (Å²) in [7, 11) is 1.67. The second-order valence-electron chi connectivity index (χ2n) is 4.55. The molecule has 0 aliphatic rings. The highest BCUT2D eigenvalue weighted by molar-refractivity contribution is 7.98. The predicted molar refractivity (Wildman–Crippen MR) is 83.3 cm³/mol. The van der Waals surface area contributed by atoms with Crippen molar-refractivity contribution in [2.75, 3.05) is 7.11 Å². The molecule has 1 atom stereocenters. The Bertz CT molecular complexity index is 678. The van der Waals surface area contributed by atoms with E-state index >= 15 is 0 Å². The number of methoxy groups -OCH3 is 1. The number of ether oxygens (including phenoxy) is 1. The first-order valence-electron chi connectivity index (χ1n) is 6.40. The molecule has 2 rings (SSSR count). The van der Waals surface area contributed by atoms with E-state index in [0.717, 1.165) is 22.0 Å². The van der Waals surface area contributed by atoms with E-state index in [9.17, 15) is 5.26 Å². The number of rotatable bonds is 5. The molecule has 2 heterocycles. The third-order valence-electron chi connectivity index (χ3n) is 3.16. The minimum Gasteiger partial charge on any atom is -0.375 e. The van der Waals surface area contributed by atoms with Crippen LogP contribution in [0.5, 0.6) is 0 Å². The lowest BCUT2D eigenvalue weighted by atomic mass is 10.1. The van der Waals surface area contributed by atoms with Crippen LogP contribution in [0.2, 0.25) is 0 Å². The van der Waals surface area contributed by atoms with Gasteiger partial charge in [-0.3, -0.25) is 0 Å². The van der Waals surface area contributed by atoms with Crippen molar-refractivity contribution >= 4 is 23.1 Å². The van der Waals surface area contributed by atoms with E-state index < -0.39 is 0 Å². The van der Waals surface area contributed by atoms with E-state index in [0.29, 0.717) is 16.3 Å². The second kappa shape index (κ2) is 6.98. The maximum absolute atomic E-state index is 9.27. The molecule has 0 aliphatic carbocycles. The van der Waals surface area contributed by atoms with Crippen molar-refractivity contribution in [2.45, 2.75) is 37.7 Å². The summed E-state index contributed by atoms with van der Waals surface area (Å²) >= 11 is 3.07. The van der Waals surface area contributed by atoms with Crippen molar-refractivity contribution in [3.05, 3.63) is 32.9 Å². The van der Waals surface area contributed by atoms with Crippen molar-refractivity contribution in [1.82, 2.24) is 15.2 Å². The van der Waals surface area contributed by atoms with E-state index in [1.165, 1.54) is 11.8 Å². The number of thioether (sulfide) groups is 1. The predicted octanol–water partition coefficient (Wildman–Crippen LogP) is 3.42. The Hall–Kier alpha value is -1.49. The lowest BCUT2D eigenvalue weighted by molar-refractivity contribution is 0.119. The second-order valence-corrected chi connectivity index (χ2v) is 6.40. The van der Waals surface area contributed by atoms with Crippen molar-refractivity contribution in [3.8, 4) is 6.07 Å². The lowest BCUT2D eigenvalue weighted by Gasteiger charge is -2.06. The van der Waals surface area contributed by atoms with Gasteiger partial charge in [0, 0.05) is 18.2 Å². The molecule has 1 unspecified atom stereocenters. The summed E-state index contributed by atoms with van der Waals surface area (Å²) in [4.78, 5) is 4.53. The zero-order chi connectivity index (χ0) is 15.4. The fraction of sp³-hybridized carbons (Fsp3) is 0.429. The van der Waals surface area contributed by atoms with E-state index in [2.05, 4.69) is 21.3 Å². The number of hydrogen-bond acceptors (Lipinski definition) is 7. The van der Waals surface area contributed by atoms with Crippen LogP contribution in [0.15, 0.2) is 10.4 Å². The fourth-order valence-electron chi connectivity index (χ4n) is 1.64. The fourth-order valence-corrected chi connectivity index (χ4v) is 3.47. The third kappa shape index (κ3) is 3.59. The third-order valence-corrected chi connectivity index (χ3v) is 5.22. The molecule has 5 nitrogen and oxygen atoms in total. The molecule has 0 radical (unpaired) electrons. The van der Waals surface area contributed by atoms with Crippen LogP contribution >= 0.6 is 23.1 Å². The van der Waals surface area contributed by atoms with Gasteiger partial charge in [0.15, 0.2) is 0 Å². The standard InChI is InChI=1S/C14H16N4OS2/c1-8-9(2)17-18-14(12(8)5-15)21-7-11-6-20-13(16-11)10(3)19-4/h6,10H,7H2,1-4H3. The van der Waals surface area contributed by atoms with Gasteiger partial charge in [0.05, 0.1) is 17.0 Å². The first-order chi connectivity index (χ1) is 10.1. The minimum atomic E-state index is 0.00447. The van der Waals surface area contributed by atoms with E-state index in [4.69, 9.17) is 4.74 Å². The Kier molecular flexibility index (Phi) is 5.28. The molecule has 0 saturated heterocycles. The van der Waals surface area contributed by atoms with Crippen LogP contribution in [-0.2, 0) is 10.5 Å². The van der Waals surface area contributed by atoms with Gasteiger partial charge in [-0.05, 0) is 26.3 Å². The molecule has 7 heteroatoms. The molecule has 0 spiro atoms. The van der Waals surface area contributed by atoms with Crippen LogP contribution in [0.3, 0.4) is 0 Å². The first-order valence-corrected chi connectivity index (χ1v) is 8.27. The number of thiazole rings is 1. The quantitative estimate of drug-likeness (QED) is 0.786. The summed E-state index contributed by atoms with van der Waals surface area (Å²) < 4.78 is 5.25. The number of aromatic nitrogens is 3. The molecule has 0 N–H and O–H groups in total. The molecule has 110 valence electrons. The monoisotopic (exact) mass is 320 g/mol. The number of nitriles is 1. The number of nitrogens with zero attached hydrogens (tertiary/aromatic N) is 4. The highest BCUT2D eigenvalue weighted by Gasteiger charge is 2.13. The number of hydrogen-bond donors (Lipinski definition) is 0. The Balaban J connectivity index is 2.12. The lowest BCUT2D eigenvalue weighted by Crippen LogP contribution is -1.99. The summed E-state index contributed by atoms with van der Waals surface area (Å²) in [5.74, 6) is 0.665. The molecular weight excluding hydrogens is 304 g/mol. The van der Waals surface area contributed by atoms with Gasteiger partial charge in [-0.2, -0.15) is 10.4 Å². The summed E-state index contributed by atoms with van der Waals surface area (Å²) in [6, 6.07) is 2.21. The van der Waals surface area contributed by atoms with Crippen LogP contribution < -0.4 is 0 Å². The summed E-state index contributed by atoms with van der Waals surface area (Å²) in [6.45, 7) is 5.72. The van der Waals surface area contributed by atoms with Crippen molar-refractivity contribution in [1.29, 1.82) is 5.26 Å². The molecule has 0 aliphatic heterocycles. The van der Waals surface area contributed by atoms with Gasteiger partial charge in [-0.1, -0.05) is 11.8 Å². The van der Waals surface area contributed by atoms with Crippen molar-refractivity contribution < 1.29 is 4.74 Å². The van der Waals surface area contributed by atoms with Crippen LogP contribution in [0.25, 0.3) is 0 Å². The average Bonchev–Trinajstić information content (AvgIpc) is 2.96. The van der Waals surface area contributed by atoms with Crippen LogP contribution in [0, 0.1) is 25.2 Å². The average molecular weight is 320 g/mol. The van der Waals surface area contributed by atoms with Gasteiger partial charge in [-0.25, -0.2) is 4.98 Å². The van der Waals surface area contributed by atoms with Crippen LogP contribution in [0.4, 0.5) is 0 Å². The summed E-state index contributed by atoms with van der Waals surface area (Å²) in [5, 5.41) is 21.1. The van der Waals surface area contributed by atoms with Crippen molar-refractivity contribution in [3.63, 3.8) is 0 Å². The van der Waals surface area contributed by atoms with Gasteiger partial charge >= 0.3 is 0 Å². The van der Waals surface area contributed by atoms with Gasteiger partial charge in [-0.15, -0.1) is 16.4 Å². The highest BCUT2D eigenvalue weighted by atomic mass is 32.2. The maximum atomic E-state index is 9.27. The highest BCUT2D eigenvalue weighted by Crippen LogP contribution is 2.28. The van der Waals surface area contributed by atoms with E-state index in [1.54, 1.807) is 18.4 Å². The smallest absolute Gasteiger partial charge is 0.137 e. The molecule has 0 bridgehead atoms. The van der Waals surface area contributed by atoms with Crippen LogP contribution in [-0.4, -0.2) is 22.3 Å². The maximum Gasteiger partial charge on any atom is 0.137 e. The number of aryl methyl sites for hydroxylation is 1. The zero-order valence-corrected chi connectivity index (χ0v) is 14.0. The topological polar surface area (TPSA) is 71.7 Å². The van der Waals surface area contributed by atoms with Gasteiger partial charge < -0.3 is 4.74 Å². The normalized spacial score (nSPS) is 12.1. The molecular formula is C14H16N4OS2. The molecule has 21 heavy (non-hydrogen) atoms. The Labute approximate surface area is 132 Å². The summed E-state index contributed by atoms with van der Waals surface area (Å²) in [6.07, 6.45) is 0.00447.